The molecule has 0 saturated carbocycles. The fourth-order valence-electron chi connectivity index (χ4n) is 2.70. The average molecular weight is 332 g/mol. The standard InChI is InChI=1S/C16H22ClNO2.ClH/c1-18(2)8-9-20-16(19)11-13-5-3-4-12-10-14(17)6-7-15(12)13;/h6-7,10,13H,3-5,8-9,11H2,1-2H3;1H. The molecular formula is C16H23Cl2NO2. The van der Waals surface area contributed by atoms with E-state index in [9.17, 15) is 4.79 Å². The summed E-state index contributed by atoms with van der Waals surface area (Å²) in [6.07, 6.45) is 3.70. The summed E-state index contributed by atoms with van der Waals surface area (Å²) in [5.41, 5.74) is 2.56. The molecule has 0 aliphatic heterocycles. The molecule has 2 rings (SSSR count). The highest BCUT2D eigenvalue weighted by Crippen LogP contribution is 2.35. The summed E-state index contributed by atoms with van der Waals surface area (Å²) in [6, 6.07) is 6.01. The predicted molar refractivity (Wildman–Crippen MR) is 88.5 cm³/mol. The SMILES string of the molecule is CN(C)CCOC(=O)CC1CCCc2cc(Cl)ccc21.Cl. The van der Waals surface area contributed by atoms with Crippen molar-refractivity contribution in [2.45, 2.75) is 31.6 Å². The van der Waals surface area contributed by atoms with Gasteiger partial charge in [0.25, 0.3) is 0 Å². The predicted octanol–water partition coefficient (Wildman–Crippen LogP) is 3.68. The molecule has 0 amide bonds. The molecule has 0 bridgehead atoms. The van der Waals surface area contributed by atoms with E-state index in [1.807, 2.05) is 31.1 Å². The van der Waals surface area contributed by atoms with Crippen molar-refractivity contribution in [1.29, 1.82) is 0 Å². The minimum absolute atomic E-state index is 0. The van der Waals surface area contributed by atoms with Gasteiger partial charge in [0.1, 0.15) is 6.61 Å². The highest BCUT2D eigenvalue weighted by molar-refractivity contribution is 6.30. The molecule has 0 heterocycles. The fraction of sp³-hybridized carbons (Fsp3) is 0.562. The summed E-state index contributed by atoms with van der Waals surface area (Å²) >= 11 is 6.03. The second kappa shape index (κ2) is 8.62. The molecule has 1 aromatic rings. The number of hydrogen-bond donors (Lipinski definition) is 0. The minimum Gasteiger partial charge on any atom is -0.464 e. The number of benzene rings is 1. The van der Waals surface area contributed by atoms with E-state index in [0.717, 1.165) is 30.8 Å². The molecule has 0 saturated heterocycles. The molecule has 0 aromatic heterocycles. The van der Waals surface area contributed by atoms with Crippen molar-refractivity contribution >= 4 is 30.0 Å². The molecule has 5 heteroatoms. The van der Waals surface area contributed by atoms with E-state index in [2.05, 4.69) is 6.07 Å². The number of fused-ring (bicyclic) bond motifs is 1. The van der Waals surface area contributed by atoms with Crippen LogP contribution in [0.3, 0.4) is 0 Å². The monoisotopic (exact) mass is 331 g/mol. The van der Waals surface area contributed by atoms with E-state index >= 15 is 0 Å². The summed E-state index contributed by atoms with van der Waals surface area (Å²) in [7, 11) is 3.93. The van der Waals surface area contributed by atoms with Crippen molar-refractivity contribution in [3.8, 4) is 0 Å². The fourth-order valence-corrected chi connectivity index (χ4v) is 2.89. The van der Waals surface area contributed by atoms with Gasteiger partial charge in [0.05, 0.1) is 6.42 Å². The molecule has 118 valence electrons. The number of ether oxygens (including phenoxy) is 1. The van der Waals surface area contributed by atoms with Crippen molar-refractivity contribution in [3.63, 3.8) is 0 Å². The summed E-state index contributed by atoms with van der Waals surface area (Å²) in [4.78, 5) is 13.9. The van der Waals surface area contributed by atoms with Crippen LogP contribution in [-0.2, 0) is 16.0 Å². The lowest BCUT2D eigenvalue weighted by Gasteiger charge is -2.25. The minimum atomic E-state index is -0.0975. The Morgan fingerprint density at radius 1 is 1.43 bits per heavy atom. The van der Waals surface area contributed by atoms with Crippen molar-refractivity contribution in [2.75, 3.05) is 27.2 Å². The number of aryl methyl sites for hydroxylation is 1. The van der Waals surface area contributed by atoms with Gasteiger partial charge in [-0.05, 0) is 62.5 Å². The Morgan fingerprint density at radius 3 is 2.90 bits per heavy atom. The lowest BCUT2D eigenvalue weighted by Crippen LogP contribution is -2.21. The van der Waals surface area contributed by atoms with Crippen LogP contribution in [0.25, 0.3) is 0 Å². The Bertz CT molecular complexity index is 477. The van der Waals surface area contributed by atoms with Gasteiger partial charge in [-0.1, -0.05) is 17.7 Å². The van der Waals surface area contributed by atoms with Gasteiger partial charge < -0.3 is 9.64 Å². The molecule has 0 spiro atoms. The molecule has 1 unspecified atom stereocenters. The second-order valence-corrected chi connectivity index (χ2v) is 6.10. The number of nitrogens with zero attached hydrogens (tertiary/aromatic N) is 1. The third-order valence-corrected chi connectivity index (χ3v) is 3.99. The summed E-state index contributed by atoms with van der Waals surface area (Å²) in [5, 5.41) is 0.776. The van der Waals surface area contributed by atoms with Gasteiger partial charge in [-0.25, -0.2) is 0 Å². The Hall–Kier alpha value is -0.770. The maximum absolute atomic E-state index is 11.9. The quantitative estimate of drug-likeness (QED) is 0.771. The van der Waals surface area contributed by atoms with Crippen molar-refractivity contribution in [2.24, 2.45) is 0 Å². The van der Waals surface area contributed by atoms with Gasteiger partial charge in [-0.15, -0.1) is 12.4 Å². The van der Waals surface area contributed by atoms with Gasteiger partial charge in [-0.2, -0.15) is 0 Å². The molecular weight excluding hydrogens is 309 g/mol. The number of likely N-dealkylation sites (N-methyl/N-ethyl adjacent to an activating group) is 1. The summed E-state index contributed by atoms with van der Waals surface area (Å²) in [6.45, 7) is 1.23. The number of hydrogen-bond acceptors (Lipinski definition) is 3. The van der Waals surface area contributed by atoms with E-state index in [1.165, 1.54) is 11.1 Å². The Kier molecular flexibility index (Phi) is 7.50. The first-order valence-electron chi connectivity index (χ1n) is 7.15. The molecule has 1 atom stereocenters. The summed E-state index contributed by atoms with van der Waals surface area (Å²) in [5.74, 6) is 0.183. The number of esters is 1. The Balaban J connectivity index is 0.00000220. The van der Waals surface area contributed by atoms with Crippen LogP contribution in [0.15, 0.2) is 18.2 Å². The molecule has 21 heavy (non-hydrogen) atoms. The lowest BCUT2D eigenvalue weighted by atomic mass is 9.81. The first-order valence-corrected chi connectivity index (χ1v) is 7.52. The normalized spacial score (nSPS) is 17.0. The zero-order valence-corrected chi connectivity index (χ0v) is 14.2. The first kappa shape index (κ1) is 18.3. The van der Waals surface area contributed by atoms with Crippen LogP contribution in [0.4, 0.5) is 0 Å². The van der Waals surface area contributed by atoms with Crippen LogP contribution in [-0.4, -0.2) is 38.1 Å². The van der Waals surface area contributed by atoms with E-state index in [4.69, 9.17) is 16.3 Å². The van der Waals surface area contributed by atoms with Crippen LogP contribution < -0.4 is 0 Å². The van der Waals surface area contributed by atoms with Crippen LogP contribution in [0.5, 0.6) is 0 Å². The second-order valence-electron chi connectivity index (χ2n) is 5.66. The number of rotatable bonds is 5. The van der Waals surface area contributed by atoms with Crippen molar-refractivity contribution in [1.82, 2.24) is 4.90 Å². The van der Waals surface area contributed by atoms with E-state index in [0.29, 0.717) is 13.0 Å². The van der Waals surface area contributed by atoms with Gasteiger partial charge in [0.2, 0.25) is 0 Å². The van der Waals surface area contributed by atoms with E-state index in [-0.39, 0.29) is 24.3 Å². The maximum Gasteiger partial charge on any atom is 0.306 e. The van der Waals surface area contributed by atoms with Gasteiger partial charge >= 0.3 is 5.97 Å². The smallest absolute Gasteiger partial charge is 0.306 e. The molecule has 0 N–H and O–H groups in total. The van der Waals surface area contributed by atoms with Crippen LogP contribution >= 0.6 is 24.0 Å². The molecule has 3 nitrogen and oxygen atoms in total. The van der Waals surface area contributed by atoms with Gasteiger partial charge in [0, 0.05) is 11.6 Å². The van der Waals surface area contributed by atoms with Crippen LogP contribution in [0, 0.1) is 0 Å². The number of carbonyl (C=O) groups excluding carboxylic acids is 1. The highest BCUT2D eigenvalue weighted by atomic mass is 35.5. The number of halogens is 2. The largest absolute Gasteiger partial charge is 0.464 e. The zero-order chi connectivity index (χ0) is 14.5. The van der Waals surface area contributed by atoms with Gasteiger partial charge in [0.15, 0.2) is 0 Å². The highest BCUT2D eigenvalue weighted by Gasteiger charge is 2.23. The third-order valence-electron chi connectivity index (χ3n) is 3.76. The van der Waals surface area contributed by atoms with Crippen molar-refractivity contribution < 1.29 is 9.53 Å². The molecule has 0 radical (unpaired) electrons. The Labute approximate surface area is 138 Å². The maximum atomic E-state index is 11.9. The first-order chi connectivity index (χ1) is 9.56. The van der Waals surface area contributed by atoms with Crippen LogP contribution in [0.1, 0.15) is 36.3 Å². The van der Waals surface area contributed by atoms with E-state index < -0.39 is 0 Å². The zero-order valence-electron chi connectivity index (χ0n) is 12.6. The average Bonchev–Trinajstić information content (AvgIpc) is 2.38. The summed E-state index contributed by atoms with van der Waals surface area (Å²) < 4.78 is 5.29. The van der Waals surface area contributed by atoms with Gasteiger partial charge in [-0.3, -0.25) is 4.79 Å². The molecule has 1 aliphatic carbocycles. The Morgan fingerprint density at radius 2 is 2.19 bits per heavy atom. The van der Waals surface area contributed by atoms with Crippen LogP contribution in [0.2, 0.25) is 5.02 Å². The molecule has 1 aliphatic rings. The number of carbonyl (C=O) groups is 1. The van der Waals surface area contributed by atoms with Crippen molar-refractivity contribution in [3.05, 3.63) is 34.3 Å². The van der Waals surface area contributed by atoms with E-state index in [1.54, 1.807) is 0 Å². The molecule has 0 fully saturated rings. The topological polar surface area (TPSA) is 29.5 Å². The molecule has 1 aromatic carbocycles. The third kappa shape index (κ3) is 5.50. The lowest BCUT2D eigenvalue weighted by molar-refractivity contribution is -0.144.